The second kappa shape index (κ2) is 15.0. The molecule has 1 heterocycles. The fourth-order valence-electron chi connectivity index (χ4n) is 7.15. The molecule has 246 valence electrons. The van der Waals surface area contributed by atoms with E-state index in [4.69, 9.17) is 4.74 Å². The number of carbonyl (C=O) groups is 1. The first-order valence-electron chi connectivity index (χ1n) is 17.2. The molecular weight excluding hydrogens is 599 g/mol. The van der Waals surface area contributed by atoms with Crippen molar-refractivity contribution in [2.75, 3.05) is 43.4 Å². The third kappa shape index (κ3) is 8.05. The van der Waals surface area contributed by atoms with E-state index in [1.165, 1.54) is 53.6 Å². The number of carbonyl (C=O) groups excluding carboxylic acids is 1. The fourth-order valence-corrected chi connectivity index (χ4v) is 8.70. The van der Waals surface area contributed by atoms with Gasteiger partial charge in [0.2, 0.25) is 0 Å². The Kier molecular flexibility index (Phi) is 10.6. The summed E-state index contributed by atoms with van der Waals surface area (Å²) in [4.78, 5) is 18.3. The van der Waals surface area contributed by atoms with Gasteiger partial charge in [-0.25, -0.2) is 4.79 Å². The summed E-state index contributed by atoms with van der Waals surface area (Å²) in [5.41, 5.74) is 7.62. The fraction of sp³-hybridized carbons (Fsp3) is 0.390. The van der Waals surface area contributed by atoms with Crippen LogP contribution in [0.2, 0.25) is 0 Å². The molecule has 1 saturated heterocycles. The zero-order chi connectivity index (χ0) is 32.7. The second-order valence-electron chi connectivity index (χ2n) is 13.8. The Balaban J connectivity index is 1.25. The van der Waals surface area contributed by atoms with Crippen LogP contribution in [-0.4, -0.2) is 61.1 Å². The highest BCUT2D eigenvalue weighted by Crippen LogP contribution is 2.48. The summed E-state index contributed by atoms with van der Waals surface area (Å²) in [6, 6.07) is 39.1. The molecular formula is C41H49N3O2S. The minimum Gasteiger partial charge on any atom is -0.444 e. The SMILES string of the molecule is CC(C)(C)OC(=O)NC(CSC(c1ccccc1)(c1ccccc1)c1ccccc1)CN1CCN(c2cccc3c2CCCC3)CC1. The van der Waals surface area contributed by atoms with Gasteiger partial charge >= 0.3 is 6.09 Å². The third-order valence-electron chi connectivity index (χ3n) is 9.33. The number of rotatable bonds is 10. The van der Waals surface area contributed by atoms with Crippen LogP contribution in [-0.2, 0) is 22.3 Å². The van der Waals surface area contributed by atoms with Crippen LogP contribution in [0.25, 0.3) is 0 Å². The molecule has 1 amide bonds. The molecule has 5 nitrogen and oxygen atoms in total. The third-order valence-corrected chi connectivity index (χ3v) is 11.0. The number of piperazine rings is 1. The quantitative estimate of drug-likeness (QED) is 0.176. The molecule has 6 heteroatoms. The smallest absolute Gasteiger partial charge is 0.407 e. The van der Waals surface area contributed by atoms with Gasteiger partial charge in [-0.1, -0.05) is 103 Å². The molecule has 1 aliphatic carbocycles. The number of ether oxygens (including phenoxy) is 1. The Hall–Kier alpha value is -3.74. The Labute approximate surface area is 285 Å². The van der Waals surface area contributed by atoms with Gasteiger partial charge in [0, 0.05) is 44.2 Å². The Morgan fingerprint density at radius 3 is 1.85 bits per heavy atom. The van der Waals surface area contributed by atoms with Crippen molar-refractivity contribution in [3.05, 3.63) is 137 Å². The number of benzene rings is 4. The highest BCUT2D eigenvalue weighted by Gasteiger charge is 2.38. The standard InChI is InChI=1S/C41H49N3O2S/c1-40(2,3)46-39(45)42-36(30-43-26-28-44(29-27-43)38-25-15-17-32-16-13-14-24-37(32)38)31-47-41(33-18-7-4-8-19-33,34-20-9-5-10-21-34)35-22-11-6-12-23-35/h4-12,15,17-23,25,36H,13-14,16,24,26-31H2,1-3H3,(H,42,45). The molecule has 6 rings (SSSR count). The number of alkyl carbamates (subject to hydrolysis) is 1. The molecule has 47 heavy (non-hydrogen) atoms. The number of anilines is 1. The highest BCUT2D eigenvalue weighted by molar-refractivity contribution is 8.00. The van der Waals surface area contributed by atoms with Crippen LogP contribution >= 0.6 is 11.8 Å². The molecule has 0 spiro atoms. The van der Waals surface area contributed by atoms with Gasteiger partial charge in [-0.2, -0.15) is 0 Å². The summed E-state index contributed by atoms with van der Waals surface area (Å²) in [6.07, 6.45) is 4.62. The van der Waals surface area contributed by atoms with Crippen molar-refractivity contribution in [2.45, 2.75) is 62.8 Å². The van der Waals surface area contributed by atoms with E-state index in [-0.39, 0.29) is 12.1 Å². The maximum Gasteiger partial charge on any atom is 0.407 e. The average molecular weight is 648 g/mol. The molecule has 0 bridgehead atoms. The van der Waals surface area contributed by atoms with Gasteiger partial charge in [0.25, 0.3) is 0 Å². The van der Waals surface area contributed by atoms with Gasteiger partial charge in [0.1, 0.15) is 5.60 Å². The molecule has 1 N–H and O–H groups in total. The van der Waals surface area contributed by atoms with Gasteiger partial charge < -0.3 is 15.0 Å². The maximum atomic E-state index is 13.2. The lowest BCUT2D eigenvalue weighted by Crippen LogP contribution is -2.53. The van der Waals surface area contributed by atoms with E-state index in [2.05, 4.69) is 124 Å². The summed E-state index contributed by atoms with van der Waals surface area (Å²) in [7, 11) is 0. The number of nitrogens with one attached hydrogen (secondary N) is 1. The zero-order valence-corrected chi connectivity index (χ0v) is 29.0. The summed E-state index contributed by atoms with van der Waals surface area (Å²) < 4.78 is 5.33. The van der Waals surface area contributed by atoms with E-state index in [0.717, 1.165) is 32.7 Å². The highest BCUT2D eigenvalue weighted by atomic mass is 32.2. The topological polar surface area (TPSA) is 44.8 Å². The number of fused-ring (bicyclic) bond motifs is 1. The lowest BCUT2D eigenvalue weighted by molar-refractivity contribution is 0.0497. The molecule has 1 fully saturated rings. The van der Waals surface area contributed by atoms with E-state index in [1.807, 2.05) is 32.5 Å². The molecule has 0 saturated carbocycles. The first-order valence-corrected chi connectivity index (χ1v) is 18.2. The second-order valence-corrected chi connectivity index (χ2v) is 15.1. The lowest BCUT2D eigenvalue weighted by atomic mass is 9.84. The van der Waals surface area contributed by atoms with Crippen molar-refractivity contribution >= 4 is 23.5 Å². The normalized spacial score (nSPS) is 16.3. The van der Waals surface area contributed by atoms with E-state index >= 15 is 0 Å². The molecule has 4 aromatic carbocycles. The molecule has 1 unspecified atom stereocenters. The van der Waals surface area contributed by atoms with Crippen molar-refractivity contribution in [2.24, 2.45) is 0 Å². The van der Waals surface area contributed by atoms with Crippen LogP contribution in [0.4, 0.5) is 10.5 Å². The van der Waals surface area contributed by atoms with E-state index in [0.29, 0.717) is 5.75 Å². The van der Waals surface area contributed by atoms with Gasteiger partial charge in [0.15, 0.2) is 0 Å². The molecule has 2 aliphatic rings. The van der Waals surface area contributed by atoms with E-state index in [9.17, 15) is 4.79 Å². The maximum absolute atomic E-state index is 13.2. The largest absolute Gasteiger partial charge is 0.444 e. The predicted molar refractivity (Wildman–Crippen MR) is 197 cm³/mol. The Morgan fingerprint density at radius 1 is 0.745 bits per heavy atom. The van der Waals surface area contributed by atoms with Crippen LogP contribution in [0.1, 0.15) is 61.4 Å². The van der Waals surface area contributed by atoms with Crippen molar-refractivity contribution < 1.29 is 9.53 Å². The number of nitrogens with zero attached hydrogens (tertiary/aromatic N) is 2. The summed E-state index contributed by atoms with van der Waals surface area (Å²) in [5, 5.41) is 3.29. The minimum atomic E-state index is -0.565. The zero-order valence-electron chi connectivity index (χ0n) is 28.2. The van der Waals surface area contributed by atoms with Gasteiger partial charge in [-0.15, -0.1) is 11.8 Å². The first-order chi connectivity index (χ1) is 22.8. The van der Waals surface area contributed by atoms with Crippen molar-refractivity contribution in [1.82, 2.24) is 10.2 Å². The number of thioether (sulfide) groups is 1. The number of amides is 1. The first kappa shape index (κ1) is 33.2. The van der Waals surface area contributed by atoms with Crippen molar-refractivity contribution in [3.8, 4) is 0 Å². The summed E-state index contributed by atoms with van der Waals surface area (Å²) in [5.74, 6) is 0.713. The molecule has 0 aromatic heterocycles. The van der Waals surface area contributed by atoms with Gasteiger partial charge in [-0.05, 0) is 80.3 Å². The molecule has 1 aliphatic heterocycles. The number of hydrogen-bond donors (Lipinski definition) is 1. The lowest BCUT2D eigenvalue weighted by Gasteiger charge is -2.40. The summed E-state index contributed by atoms with van der Waals surface area (Å²) in [6.45, 7) is 10.4. The van der Waals surface area contributed by atoms with Crippen LogP contribution < -0.4 is 10.2 Å². The summed E-state index contributed by atoms with van der Waals surface area (Å²) >= 11 is 1.89. The van der Waals surface area contributed by atoms with Crippen LogP contribution in [0, 0.1) is 0 Å². The van der Waals surface area contributed by atoms with Gasteiger partial charge in [-0.3, -0.25) is 4.90 Å². The predicted octanol–water partition coefficient (Wildman–Crippen LogP) is 8.31. The number of hydrogen-bond acceptors (Lipinski definition) is 5. The van der Waals surface area contributed by atoms with Crippen LogP contribution in [0.5, 0.6) is 0 Å². The molecule has 4 aromatic rings. The van der Waals surface area contributed by atoms with Crippen LogP contribution in [0.15, 0.2) is 109 Å². The average Bonchev–Trinajstić information content (AvgIpc) is 3.09. The molecule has 1 atom stereocenters. The minimum absolute atomic E-state index is 0.110. The Bertz CT molecular complexity index is 1490. The number of aryl methyl sites for hydroxylation is 1. The van der Waals surface area contributed by atoms with E-state index < -0.39 is 10.3 Å². The van der Waals surface area contributed by atoms with E-state index in [1.54, 1.807) is 5.56 Å². The molecule has 0 radical (unpaired) electrons. The van der Waals surface area contributed by atoms with Gasteiger partial charge in [0.05, 0.1) is 10.8 Å². The monoisotopic (exact) mass is 647 g/mol. The van der Waals surface area contributed by atoms with Crippen molar-refractivity contribution in [1.29, 1.82) is 0 Å². The van der Waals surface area contributed by atoms with Crippen molar-refractivity contribution in [3.63, 3.8) is 0 Å². The van der Waals surface area contributed by atoms with Crippen LogP contribution in [0.3, 0.4) is 0 Å². The Morgan fingerprint density at radius 2 is 1.30 bits per heavy atom.